The van der Waals surface area contributed by atoms with Crippen molar-refractivity contribution in [3.63, 3.8) is 0 Å². The number of rotatable bonds is 3. The molecule has 1 heterocycles. The summed E-state index contributed by atoms with van der Waals surface area (Å²) >= 11 is 5.82. The maximum absolute atomic E-state index is 5.83. The van der Waals surface area contributed by atoms with Gasteiger partial charge in [-0.15, -0.1) is 0 Å². The fourth-order valence-electron chi connectivity index (χ4n) is 2.61. The van der Waals surface area contributed by atoms with Crippen molar-refractivity contribution >= 4 is 17.5 Å². The Labute approximate surface area is 112 Å². The normalized spacial score (nSPS) is 27.9. The van der Waals surface area contributed by atoms with Gasteiger partial charge in [0.2, 0.25) is 11.2 Å². The van der Waals surface area contributed by atoms with E-state index in [1.165, 1.54) is 6.42 Å². The van der Waals surface area contributed by atoms with Crippen LogP contribution in [0.15, 0.2) is 0 Å². The third kappa shape index (κ3) is 3.45. The van der Waals surface area contributed by atoms with E-state index in [9.17, 15) is 0 Å². The van der Waals surface area contributed by atoms with Gasteiger partial charge in [0.25, 0.3) is 0 Å². The summed E-state index contributed by atoms with van der Waals surface area (Å²) in [5.74, 6) is 1.79. The third-order valence-corrected chi connectivity index (χ3v) is 3.39. The topological polar surface area (TPSA) is 59.9 Å². The minimum atomic E-state index is 0.154. The molecule has 0 radical (unpaired) electrons. The summed E-state index contributed by atoms with van der Waals surface area (Å²) in [4.78, 5) is 12.1. The highest BCUT2D eigenvalue weighted by atomic mass is 35.5. The standard InChI is InChI=1S/C12H19ClN4O/c1-7-4-8(2)6-9(5-7)18-12-16-10(13)15-11(14-3)17-12/h7-9H,4-6H2,1-3H3,(H,14,15,16,17). The minimum absolute atomic E-state index is 0.154. The molecular formula is C12H19ClN4O. The predicted molar refractivity (Wildman–Crippen MR) is 71.0 cm³/mol. The lowest BCUT2D eigenvalue weighted by Gasteiger charge is -2.30. The number of ether oxygens (including phenoxy) is 1. The fraction of sp³-hybridized carbons (Fsp3) is 0.750. The second-order valence-corrected chi connectivity index (χ2v) is 5.46. The van der Waals surface area contributed by atoms with Crippen molar-refractivity contribution < 1.29 is 4.74 Å². The van der Waals surface area contributed by atoms with E-state index in [4.69, 9.17) is 16.3 Å². The number of hydrogen-bond acceptors (Lipinski definition) is 5. The monoisotopic (exact) mass is 270 g/mol. The Morgan fingerprint density at radius 2 is 1.78 bits per heavy atom. The smallest absolute Gasteiger partial charge is 0.322 e. The molecule has 0 amide bonds. The van der Waals surface area contributed by atoms with E-state index in [1.807, 2.05) is 0 Å². The fourth-order valence-corrected chi connectivity index (χ4v) is 2.77. The molecule has 0 spiro atoms. The molecule has 1 aromatic heterocycles. The van der Waals surface area contributed by atoms with Crippen molar-refractivity contribution in [2.75, 3.05) is 12.4 Å². The van der Waals surface area contributed by atoms with Crippen molar-refractivity contribution in [1.82, 2.24) is 15.0 Å². The largest absolute Gasteiger partial charge is 0.460 e. The van der Waals surface area contributed by atoms with Gasteiger partial charge in [-0.25, -0.2) is 0 Å². The van der Waals surface area contributed by atoms with E-state index >= 15 is 0 Å². The van der Waals surface area contributed by atoms with E-state index in [2.05, 4.69) is 34.1 Å². The molecule has 0 bridgehead atoms. The Morgan fingerprint density at radius 1 is 1.11 bits per heavy atom. The summed E-state index contributed by atoms with van der Waals surface area (Å²) in [6.07, 6.45) is 3.52. The molecule has 1 aliphatic rings. The van der Waals surface area contributed by atoms with Gasteiger partial charge in [-0.05, 0) is 42.7 Å². The summed E-state index contributed by atoms with van der Waals surface area (Å²) in [5.41, 5.74) is 0. The van der Waals surface area contributed by atoms with Gasteiger partial charge >= 0.3 is 6.01 Å². The lowest BCUT2D eigenvalue weighted by molar-refractivity contribution is 0.0919. The van der Waals surface area contributed by atoms with Crippen LogP contribution in [-0.2, 0) is 0 Å². The average Bonchev–Trinajstić information content (AvgIpc) is 2.26. The van der Waals surface area contributed by atoms with Gasteiger partial charge in [0, 0.05) is 7.05 Å². The Hall–Kier alpha value is -1.10. The number of hydrogen-bond donors (Lipinski definition) is 1. The minimum Gasteiger partial charge on any atom is -0.460 e. The molecule has 100 valence electrons. The molecule has 5 nitrogen and oxygen atoms in total. The molecule has 1 N–H and O–H groups in total. The van der Waals surface area contributed by atoms with E-state index in [0.29, 0.717) is 23.8 Å². The third-order valence-electron chi connectivity index (χ3n) is 3.22. The number of aromatic nitrogens is 3. The van der Waals surface area contributed by atoms with Crippen molar-refractivity contribution in [3.05, 3.63) is 5.28 Å². The van der Waals surface area contributed by atoms with Gasteiger partial charge in [0.15, 0.2) is 0 Å². The van der Waals surface area contributed by atoms with E-state index in [0.717, 1.165) is 12.8 Å². The summed E-state index contributed by atoms with van der Waals surface area (Å²) in [6.45, 7) is 4.51. The molecular weight excluding hydrogens is 252 g/mol. The highest BCUT2D eigenvalue weighted by Crippen LogP contribution is 2.30. The van der Waals surface area contributed by atoms with Crippen LogP contribution in [0.2, 0.25) is 5.28 Å². The zero-order chi connectivity index (χ0) is 13.1. The molecule has 1 aromatic rings. The number of anilines is 1. The first-order valence-corrected chi connectivity index (χ1v) is 6.70. The predicted octanol–water partition coefficient (Wildman–Crippen LogP) is 2.77. The SMILES string of the molecule is CNc1nc(Cl)nc(OC2CC(C)CC(C)C2)n1. The molecule has 2 unspecified atom stereocenters. The van der Waals surface area contributed by atoms with E-state index < -0.39 is 0 Å². The second kappa shape index (κ2) is 5.69. The first-order valence-electron chi connectivity index (χ1n) is 6.32. The quantitative estimate of drug-likeness (QED) is 0.915. The van der Waals surface area contributed by atoms with Crippen LogP contribution in [0.25, 0.3) is 0 Å². The van der Waals surface area contributed by atoms with Crippen molar-refractivity contribution in [2.24, 2.45) is 11.8 Å². The Morgan fingerprint density at radius 3 is 2.39 bits per heavy atom. The van der Waals surface area contributed by atoms with Gasteiger partial charge in [-0.3, -0.25) is 0 Å². The second-order valence-electron chi connectivity index (χ2n) is 5.12. The Bertz CT molecular complexity index is 405. The van der Waals surface area contributed by atoms with Crippen LogP contribution < -0.4 is 10.1 Å². The number of nitrogens with one attached hydrogen (secondary N) is 1. The Kier molecular flexibility index (Phi) is 4.22. The highest BCUT2D eigenvalue weighted by molar-refractivity contribution is 6.28. The van der Waals surface area contributed by atoms with Crippen LogP contribution in [0.3, 0.4) is 0 Å². The van der Waals surface area contributed by atoms with Crippen LogP contribution in [-0.4, -0.2) is 28.1 Å². The zero-order valence-electron chi connectivity index (χ0n) is 11.0. The summed E-state index contributed by atoms with van der Waals surface area (Å²) in [5, 5.41) is 2.99. The van der Waals surface area contributed by atoms with Crippen LogP contribution in [0.5, 0.6) is 6.01 Å². The molecule has 2 atom stereocenters. The molecule has 18 heavy (non-hydrogen) atoms. The maximum Gasteiger partial charge on any atom is 0.322 e. The van der Waals surface area contributed by atoms with E-state index in [-0.39, 0.29) is 11.4 Å². The molecule has 1 fully saturated rings. The van der Waals surface area contributed by atoms with Gasteiger partial charge in [0.1, 0.15) is 6.10 Å². The van der Waals surface area contributed by atoms with Gasteiger partial charge < -0.3 is 10.1 Å². The average molecular weight is 271 g/mol. The Balaban J connectivity index is 2.06. The van der Waals surface area contributed by atoms with E-state index in [1.54, 1.807) is 7.05 Å². The maximum atomic E-state index is 5.83. The lowest BCUT2D eigenvalue weighted by Crippen LogP contribution is -2.29. The van der Waals surface area contributed by atoms with Crippen molar-refractivity contribution in [2.45, 2.75) is 39.2 Å². The molecule has 1 saturated carbocycles. The van der Waals surface area contributed by atoms with Crippen LogP contribution >= 0.6 is 11.6 Å². The van der Waals surface area contributed by atoms with Crippen LogP contribution in [0, 0.1) is 11.8 Å². The number of halogens is 1. The first-order chi connectivity index (χ1) is 8.56. The van der Waals surface area contributed by atoms with Crippen molar-refractivity contribution in [1.29, 1.82) is 0 Å². The van der Waals surface area contributed by atoms with Crippen LogP contribution in [0.4, 0.5) is 5.95 Å². The molecule has 6 heteroatoms. The van der Waals surface area contributed by atoms with Gasteiger partial charge in [0.05, 0.1) is 0 Å². The van der Waals surface area contributed by atoms with Gasteiger partial charge in [-0.2, -0.15) is 15.0 Å². The summed E-state index contributed by atoms with van der Waals surface area (Å²) in [7, 11) is 1.74. The summed E-state index contributed by atoms with van der Waals surface area (Å²) in [6, 6.07) is 0.311. The molecule has 0 aromatic carbocycles. The lowest BCUT2D eigenvalue weighted by atomic mass is 9.82. The van der Waals surface area contributed by atoms with Crippen molar-refractivity contribution in [3.8, 4) is 6.01 Å². The molecule has 2 rings (SSSR count). The van der Waals surface area contributed by atoms with Crippen LogP contribution in [0.1, 0.15) is 33.1 Å². The molecule has 1 aliphatic carbocycles. The number of nitrogens with zero attached hydrogens (tertiary/aromatic N) is 3. The highest BCUT2D eigenvalue weighted by Gasteiger charge is 2.26. The van der Waals surface area contributed by atoms with Gasteiger partial charge in [-0.1, -0.05) is 13.8 Å². The molecule has 0 aliphatic heterocycles. The first kappa shape index (κ1) is 13.3. The summed E-state index contributed by atoms with van der Waals surface area (Å²) < 4.78 is 5.83. The molecule has 0 saturated heterocycles. The zero-order valence-corrected chi connectivity index (χ0v) is 11.7.